The van der Waals surface area contributed by atoms with E-state index in [9.17, 15) is 14.0 Å². The number of rotatable bonds is 5. The number of likely N-dealkylation sites (tertiary alicyclic amines) is 1. The Bertz CT molecular complexity index is 860. The Morgan fingerprint density at radius 3 is 2.24 bits per heavy atom. The molecule has 0 bridgehead atoms. The number of amides is 2. The van der Waals surface area contributed by atoms with Crippen LogP contribution in [0.1, 0.15) is 70.6 Å². The third-order valence-corrected chi connectivity index (χ3v) is 8.60. The van der Waals surface area contributed by atoms with Gasteiger partial charge < -0.3 is 20.0 Å². The molecule has 186 valence electrons. The fourth-order valence-corrected chi connectivity index (χ4v) is 6.63. The van der Waals surface area contributed by atoms with Crippen molar-refractivity contribution < 1.29 is 14.0 Å². The molecule has 4 aliphatic rings. The van der Waals surface area contributed by atoms with E-state index in [4.69, 9.17) is 0 Å². The van der Waals surface area contributed by atoms with Crippen LogP contribution in [0.4, 0.5) is 10.1 Å². The van der Waals surface area contributed by atoms with Crippen molar-refractivity contribution >= 4 is 17.5 Å². The van der Waals surface area contributed by atoms with E-state index in [2.05, 4.69) is 15.1 Å². The van der Waals surface area contributed by atoms with Gasteiger partial charge in [-0.25, -0.2) is 4.39 Å². The maximum atomic E-state index is 13.9. The van der Waals surface area contributed by atoms with Gasteiger partial charge >= 0.3 is 0 Å². The Hall–Kier alpha value is -2.15. The maximum Gasteiger partial charge on any atom is 0.250 e. The zero-order valence-electron chi connectivity index (χ0n) is 20.3. The van der Waals surface area contributed by atoms with Gasteiger partial charge in [0.05, 0.1) is 6.67 Å². The molecule has 1 aromatic carbocycles. The number of nitrogens with one attached hydrogen (secondary N) is 1. The van der Waals surface area contributed by atoms with E-state index in [1.807, 2.05) is 4.90 Å². The van der Waals surface area contributed by atoms with E-state index in [0.717, 1.165) is 50.5 Å². The number of halogens is 1. The van der Waals surface area contributed by atoms with Crippen LogP contribution in [0.15, 0.2) is 24.3 Å². The highest BCUT2D eigenvalue weighted by atomic mass is 19.1. The van der Waals surface area contributed by atoms with Crippen molar-refractivity contribution in [1.29, 1.82) is 0 Å². The molecule has 1 aromatic rings. The van der Waals surface area contributed by atoms with Crippen molar-refractivity contribution in [2.75, 3.05) is 37.7 Å². The van der Waals surface area contributed by atoms with E-state index in [-0.39, 0.29) is 23.7 Å². The molecular weight excluding hydrogens is 431 g/mol. The summed E-state index contributed by atoms with van der Waals surface area (Å²) in [6.45, 7) is 4.05. The number of benzene rings is 1. The van der Waals surface area contributed by atoms with E-state index in [0.29, 0.717) is 19.6 Å². The Kier molecular flexibility index (Phi) is 7.09. The van der Waals surface area contributed by atoms with Gasteiger partial charge in [0.1, 0.15) is 11.4 Å². The number of anilines is 1. The van der Waals surface area contributed by atoms with E-state index >= 15 is 0 Å². The van der Waals surface area contributed by atoms with Gasteiger partial charge in [-0.15, -0.1) is 0 Å². The summed E-state index contributed by atoms with van der Waals surface area (Å²) in [6, 6.07) is 6.59. The minimum absolute atomic E-state index is 0.0288. The predicted octanol–water partition coefficient (Wildman–Crippen LogP) is 3.91. The van der Waals surface area contributed by atoms with Crippen molar-refractivity contribution in [3.05, 3.63) is 30.1 Å². The number of nitrogens with zero attached hydrogens (tertiary/aromatic N) is 3. The lowest BCUT2D eigenvalue weighted by Crippen LogP contribution is -2.57. The zero-order valence-corrected chi connectivity index (χ0v) is 20.3. The van der Waals surface area contributed by atoms with Crippen LogP contribution in [-0.4, -0.2) is 66.0 Å². The second kappa shape index (κ2) is 10.2. The fourth-order valence-electron chi connectivity index (χ4n) is 6.63. The lowest BCUT2D eigenvalue weighted by atomic mass is 9.84. The largest absolute Gasteiger partial charge is 0.352 e. The van der Waals surface area contributed by atoms with E-state index in [1.165, 1.54) is 57.1 Å². The number of piperidine rings is 1. The van der Waals surface area contributed by atoms with Gasteiger partial charge in [-0.1, -0.05) is 32.1 Å². The summed E-state index contributed by atoms with van der Waals surface area (Å²) in [5.74, 6) is 0.764. The van der Waals surface area contributed by atoms with Crippen LogP contribution in [0.5, 0.6) is 0 Å². The topological polar surface area (TPSA) is 55.9 Å². The molecule has 1 saturated carbocycles. The average molecular weight is 471 g/mol. The summed E-state index contributed by atoms with van der Waals surface area (Å²) in [6.07, 6.45) is 12.4. The molecule has 2 amide bonds. The van der Waals surface area contributed by atoms with Crippen molar-refractivity contribution in [2.24, 2.45) is 5.92 Å². The van der Waals surface area contributed by atoms with Gasteiger partial charge in [0.2, 0.25) is 11.8 Å². The third kappa shape index (κ3) is 4.95. The minimum atomic E-state index is -0.572. The van der Waals surface area contributed by atoms with Crippen molar-refractivity contribution in [3.63, 3.8) is 0 Å². The molecule has 5 rings (SSSR count). The molecule has 6 nitrogen and oxygen atoms in total. The van der Waals surface area contributed by atoms with Crippen molar-refractivity contribution in [1.82, 2.24) is 15.1 Å². The molecule has 3 saturated heterocycles. The Morgan fingerprint density at radius 1 is 0.912 bits per heavy atom. The Morgan fingerprint density at radius 2 is 1.59 bits per heavy atom. The zero-order chi connectivity index (χ0) is 23.5. The average Bonchev–Trinajstić information content (AvgIpc) is 3.34. The lowest BCUT2D eigenvalue weighted by Gasteiger charge is -2.44. The fraction of sp³-hybridized carbons (Fsp3) is 0.704. The summed E-state index contributed by atoms with van der Waals surface area (Å²) in [7, 11) is 0. The third-order valence-electron chi connectivity index (χ3n) is 8.60. The van der Waals surface area contributed by atoms with Crippen LogP contribution in [0.3, 0.4) is 0 Å². The highest BCUT2D eigenvalue weighted by Gasteiger charge is 2.54. The van der Waals surface area contributed by atoms with Crippen LogP contribution < -0.4 is 10.2 Å². The minimum Gasteiger partial charge on any atom is -0.352 e. The van der Waals surface area contributed by atoms with Crippen LogP contribution in [0.2, 0.25) is 0 Å². The number of hydrogen-bond donors (Lipinski definition) is 1. The molecule has 1 unspecified atom stereocenters. The van der Waals surface area contributed by atoms with Gasteiger partial charge in [-0.2, -0.15) is 0 Å². The molecule has 1 spiro atoms. The first kappa shape index (κ1) is 23.6. The molecule has 0 aromatic heterocycles. The summed E-state index contributed by atoms with van der Waals surface area (Å²) in [5.41, 5.74) is 0.332. The second-order valence-corrected chi connectivity index (χ2v) is 10.9. The first-order valence-electron chi connectivity index (χ1n) is 13.4. The number of hydrogen-bond acceptors (Lipinski definition) is 4. The normalized spacial score (nSPS) is 26.7. The number of carbonyl (C=O) groups is 2. The van der Waals surface area contributed by atoms with E-state index < -0.39 is 5.54 Å². The molecule has 34 heavy (non-hydrogen) atoms. The SMILES string of the molecule is O=C1CCC(CN2CN(c3ccc(F)cc3)C3(CCN(CC4CCCCCCC4)CC3)C2=O)N1. The molecule has 7 heteroatoms. The number of carbonyl (C=O) groups excluding carboxylic acids is 2. The molecule has 1 N–H and O–H groups in total. The molecule has 1 atom stereocenters. The molecule has 3 heterocycles. The standard InChI is InChI=1S/C27H39FN4O2/c28-22-8-11-24(12-9-22)32-20-31(19-23-10-13-25(33)29-23)26(34)27(32)14-16-30(17-15-27)18-21-6-4-2-1-3-5-7-21/h8-9,11-12,21,23H,1-7,10,13-20H2,(H,29,33). The highest BCUT2D eigenvalue weighted by Crippen LogP contribution is 2.40. The highest BCUT2D eigenvalue weighted by molar-refractivity contribution is 5.93. The van der Waals surface area contributed by atoms with Crippen LogP contribution in [0, 0.1) is 11.7 Å². The Balaban J connectivity index is 1.29. The van der Waals surface area contributed by atoms with Gasteiger partial charge in [0, 0.05) is 44.3 Å². The predicted molar refractivity (Wildman–Crippen MR) is 131 cm³/mol. The molecule has 0 radical (unpaired) electrons. The van der Waals surface area contributed by atoms with Crippen LogP contribution in [-0.2, 0) is 9.59 Å². The summed E-state index contributed by atoms with van der Waals surface area (Å²) >= 11 is 0. The van der Waals surface area contributed by atoms with Gasteiger partial charge in [0.15, 0.2) is 0 Å². The van der Waals surface area contributed by atoms with Crippen LogP contribution in [0.25, 0.3) is 0 Å². The van der Waals surface area contributed by atoms with Crippen LogP contribution >= 0.6 is 0 Å². The van der Waals surface area contributed by atoms with E-state index in [1.54, 1.807) is 12.1 Å². The second-order valence-electron chi connectivity index (χ2n) is 10.9. The quantitative estimate of drug-likeness (QED) is 0.709. The van der Waals surface area contributed by atoms with Crippen molar-refractivity contribution in [3.8, 4) is 0 Å². The molecule has 1 aliphatic carbocycles. The molecule has 3 aliphatic heterocycles. The summed E-state index contributed by atoms with van der Waals surface area (Å²) in [5, 5.41) is 3.01. The Labute approximate surface area is 202 Å². The molecule has 4 fully saturated rings. The van der Waals surface area contributed by atoms with Gasteiger partial charge in [-0.3, -0.25) is 9.59 Å². The van der Waals surface area contributed by atoms with Gasteiger partial charge in [0.25, 0.3) is 0 Å². The first-order chi connectivity index (χ1) is 16.5. The first-order valence-corrected chi connectivity index (χ1v) is 13.4. The van der Waals surface area contributed by atoms with Gasteiger partial charge in [-0.05, 0) is 62.3 Å². The lowest BCUT2D eigenvalue weighted by molar-refractivity contribution is -0.134. The summed E-state index contributed by atoms with van der Waals surface area (Å²) in [4.78, 5) is 32.3. The smallest absolute Gasteiger partial charge is 0.250 e. The maximum absolute atomic E-state index is 13.9. The summed E-state index contributed by atoms with van der Waals surface area (Å²) < 4.78 is 13.7. The molecular formula is C27H39FN4O2. The van der Waals surface area contributed by atoms with Crippen molar-refractivity contribution in [2.45, 2.75) is 82.2 Å². The monoisotopic (exact) mass is 470 g/mol.